The summed E-state index contributed by atoms with van der Waals surface area (Å²) in [7, 11) is 0. The van der Waals surface area contributed by atoms with E-state index >= 15 is 0 Å². The standard InChI is InChI=1S/C25H20ClN5/c1-15-4-2-6-22(29-15)25-24(18-8-10-21-17(14-18)5-3-11-28-21)30-23(31-25)13-16-7-9-19(26)20(27)12-16/h2-12,14H,13,27H2,1H3,(H,30,31). The van der Waals surface area contributed by atoms with Crippen LogP contribution in [0.2, 0.25) is 5.02 Å². The summed E-state index contributed by atoms with van der Waals surface area (Å²) >= 11 is 6.07. The molecule has 5 nitrogen and oxygen atoms in total. The van der Waals surface area contributed by atoms with Gasteiger partial charge in [0.25, 0.3) is 0 Å². The van der Waals surface area contributed by atoms with Gasteiger partial charge in [0.05, 0.1) is 33.3 Å². The summed E-state index contributed by atoms with van der Waals surface area (Å²) in [6, 6.07) is 21.8. The SMILES string of the molecule is Cc1cccc(-c2[nH]c(Cc3ccc(Cl)c(N)c3)nc2-c2ccc3ncccc3c2)n1. The monoisotopic (exact) mass is 425 g/mol. The summed E-state index contributed by atoms with van der Waals surface area (Å²) in [5.74, 6) is 0.835. The van der Waals surface area contributed by atoms with Crippen LogP contribution in [0.5, 0.6) is 0 Å². The predicted octanol–water partition coefficient (Wildman–Crippen LogP) is 5.82. The molecule has 0 saturated heterocycles. The van der Waals surface area contributed by atoms with Gasteiger partial charge < -0.3 is 10.7 Å². The van der Waals surface area contributed by atoms with Crippen molar-refractivity contribution in [2.24, 2.45) is 0 Å². The minimum absolute atomic E-state index is 0.554. The van der Waals surface area contributed by atoms with Crippen molar-refractivity contribution >= 4 is 28.2 Å². The average molecular weight is 426 g/mol. The number of pyridine rings is 2. The van der Waals surface area contributed by atoms with Crippen molar-refractivity contribution in [3.63, 3.8) is 0 Å². The van der Waals surface area contributed by atoms with Gasteiger partial charge in [-0.2, -0.15) is 0 Å². The molecule has 3 N–H and O–H groups in total. The molecule has 5 rings (SSSR count). The maximum absolute atomic E-state index is 6.07. The first-order chi connectivity index (χ1) is 15.1. The van der Waals surface area contributed by atoms with Crippen molar-refractivity contribution in [1.29, 1.82) is 0 Å². The number of aromatic amines is 1. The number of aryl methyl sites for hydroxylation is 1. The number of nitrogens with two attached hydrogens (primary N) is 1. The average Bonchev–Trinajstić information content (AvgIpc) is 3.20. The van der Waals surface area contributed by atoms with Crippen LogP contribution in [0, 0.1) is 6.92 Å². The molecule has 0 radical (unpaired) electrons. The number of halogens is 1. The van der Waals surface area contributed by atoms with E-state index in [2.05, 4.69) is 28.2 Å². The van der Waals surface area contributed by atoms with Crippen molar-refractivity contribution < 1.29 is 0 Å². The molecule has 3 aromatic heterocycles. The lowest BCUT2D eigenvalue weighted by atomic mass is 10.1. The number of nitrogens with zero attached hydrogens (tertiary/aromatic N) is 3. The lowest BCUT2D eigenvalue weighted by molar-refractivity contribution is 1.03. The summed E-state index contributed by atoms with van der Waals surface area (Å²) in [6.45, 7) is 1.98. The molecule has 0 amide bonds. The number of fused-ring (bicyclic) bond motifs is 1. The fourth-order valence-corrected chi connectivity index (χ4v) is 3.82. The number of hydrogen-bond acceptors (Lipinski definition) is 4. The largest absolute Gasteiger partial charge is 0.398 e. The zero-order valence-corrected chi connectivity index (χ0v) is 17.7. The van der Waals surface area contributed by atoms with Crippen LogP contribution in [-0.2, 0) is 6.42 Å². The number of H-pyrrole nitrogens is 1. The van der Waals surface area contributed by atoms with Gasteiger partial charge in [-0.1, -0.05) is 35.9 Å². The van der Waals surface area contributed by atoms with Gasteiger partial charge >= 0.3 is 0 Å². The highest BCUT2D eigenvalue weighted by atomic mass is 35.5. The first-order valence-corrected chi connectivity index (χ1v) is 10.4. The Bertz CT molecular complexity index is 1410. The number of benzene rings is 2. The van der Waals surface area contributed by atoms with Gasteiger partial charge in [-0.3, -0.25) is 9.97 Å². The third kappa shape index (κ3) is 3.88. The molecular formula is C25H20ClN5. The van der Waals surface area contributed by atoms with E-state index in [0.717, 1.165) is 50.6 Å². The maximum Gasteiger partial charge on any atom is 0.111 e. The van der Waals surface area contributed by atoms with Crippen LogP contribution in [0.4, 0.5) is 5.69 Å². The molecule has 6 heteroatoms. The molecule has 152 valence electrons. The second-order valence-corrected chi connectivity index (χ2v) is 7.92. The highest BCUT2D eigenvalue weighted by Gasteiger charge is 2.16. The van der Waals surface area contributed by atoms with Crippen molar-refractivity contribution in [2.75, 3.05) is 5.73 Å². The molecule has 0 aliphatic rings. The van der Waals surface area contributed by atoms with Gasteiger partial charge in [0, 0.05) is 29.3 Å². The van der Waals surface area contributed by atoms with Crippen molar-refractivity contribution in [3.8, 4) is 22.6 Å². The second kappa shape index (κ2) is 7.85. The number of nitrogens with one attached hydrogen (secondary N) is 1. The van der Waals surface area contributed by atoms with Gasteiger partial charge in [0.2, 0.25) is 0 Å². The fraction of sp³-hybridized carbons (Fsp3) is 0.0800. The second-order valence-electron chi connectivity index (χ2n) is 7.51. The number of aromatic nitrogens is 4. The molecule has 0 unspecified atom stereocenters. The Morgan fingerprint density at radius 2 is 1.87 bits per heavy atom. The summed E-state index contributed by atoms with van der Waals surface area (Å²) in [5.41, 5.74) is 13.1. The highest BCUT2D eigenvalue weighted by molar-refractivity contribution is 6.33. The number of hydrogen-bond donors (Lipinski definition) is 2. The number of anilines is 1. The van der Waals surface area contributed by atoms with E-state index in [1.807, 2.05) is 55.5 Å². The molecule has 0 bridgehead atoms. The predicted molar refractivity (Wildman–Crippen MR) is 126 cm³/mol. The van der Waals surface area contributed by atoms with Gasteiger partial charge in [0.1, 0.15) is 5.82 Å². The van der Waals surface area contributed by atoms with Crippen molar-refractivity contribution in [3.05, 3.63) is 95.0 Å². The van der Waals surface area contributed by atoms with Crippen LogP contribution in [0.1, 0.15) is 17.1 Å². The summed E-state index contributed by atoms with van der Waals surface area (Å²) in [6.07, 6.45) is 2.41. The van der Waals surface area contributed by atoms with E-state index < -0.39 is 0 Å². The van der Waals surface area contributed by atoms with E-state index in [4.69, 9.17) is 27.3 Å². The van der Waals surface area contributed by atoms with Gasteiger partial charge in [-0.05, 0) is 55.0 Å². The Hall–Kier alpha value is -3.70. The molecule has 0 spiro atoms. The summed E-state index contributed by atoms with van der Waals surface area (Å²) < 4.78 is 0. The smallest absolute Gasteiger partial charge is 0.111 e. The van der Waals surface area contributed by atoms with Gasteiger partial charge in [-0.15, -0.1) is 0 Å². The van der Waals surface area contributed by atoms with E-state index in [0.29, 0.717) is 17.1 Å². The molecular weight excluding hydrogens is 406 g/mol. The number of rotatable bonds is 4. The zero-order valence-electron chi connectivity index (χ0n) is 16.9. The number of imidazole rings is 1. The zero-order chi connectivity index (χ0) is 21.4. The van der Waals surface area contributed by atoms with Crippen LogP contribution in [0.3, 0.4) is 0 Å². The topological polar surface area (TPSA) is 80.5 Å². The Morgan fingerprint density at radius 1 is 0.968 bits per heavy atom. The lowest BCUT2D eigenvalue weighted by Crippen LogP contribution is -1.94. The van der Waals surface area contributed by atoms with Crippen LogP contribution < -0.4 is 5.73 Å². The van der Waals surface area contributed by atoms with Crippen molar-refractivity contribution in [2.45, 2.75) is 13.3 Å². The molecule has 3 heterocycles. The molecule has 0 saturated carbocycles. The number of nitrogen functional groups attached to an aromatic ring is 1. The van der Waals surface area contributed by atoms with Crippen LogP contribution in [0.25, 0.3) is 33.5 Å². The van der Waals surface area contributed by atoms with Crippen molar-refractivity contribution in [1.82, 2.24) is 19.9 Å². The quantitative estimate of drug-likeness (QED) is 0.355. The van der Waals surface area contributed by atoms with Crippen LogP contribution in [0.15, 0.2) is 72.9 Å². The molecule has 0 fully saturated rings. The third-order valence-corrected chi connectivity index (χ3v) is 5.55. The van der Waals surface area contributed by atoms with Crippen LogP contribution >= 0.6 is 11.6 Å². The molecule has 0 atom stereocenters. The Morgan fingerprint density at radius 3 is 2.71 bits per heavy atom. The fourth-order valence-electron chi connectivity index (χ4n) is 3.70. The normalized spacial score (nSPS) is 11.2. The lowest BCUT2D eigenvalue weighted by Gasteiger charge is -2.05. The van der Waals surface area contributed by atoms with Gasteiger partial charge in [-0.25, -0.2) is 4.98 Å². The Balaban J connectivity index is 1.63. The van der Waals surface area contributed by atoms with E-state index in [1.54, 1.807) is 6.20 Å². The highest BCUT2D eigenvalue weighted by Crippen LogP contribution is 2.32. The minimum atomic E-state index is 0.554. The Labute approximate surface area is 185 Å². The third-order valence-electron chi connectivity index (χ3n) is 5.21. The molecule has 2 aromatic carbocycles. The van der Waals surface area contributed by atoms with Crippen LogP contribution in [-0.4, -0.2) is 19.9 Å². The van der Waals surface area contributed by atoms with Gasteiger partial charge in [0.15, 0.2) is 0 Å². The minimum Gasteiger partial charge on any atom is -0.398 e. The maximum atomic E-state index is 6.07. The molecule has 0 aliphatic carbocycles. The first-order valence-electron chi connectivity index (χ1n) is 9.99. The first kappa shape index (κ1) is 19.3. The molecule has 5 aromatic rings. The molecule has 31 heavy (non-hydrogen) atoms. The summed E-state index contributed by atoms with van der Waals surface area (Å²) in [4.78, 5) is 17.6. The Kier molecular flexibility index (Phi) is 4.88. The summed E-state index contributed by atoms with van der Waals surface area (Å²) in [5, 5.41) is 1.62. The molecule has 0 aliphatic heterocycles. The van der Waals surface area contributed by atoms with E-state index in [-0.39, 0.29) is 0 Å². The van der Waals surface area contributed by atoms with E-state index in [9.17, 15) is 0 Å². The van der Waals surface area contributed by atoms with E-state index in [1.165, 1.54) is 0 Å².